The third-order valence-corrected chi connectivity index (χ3v) is 6.62. The SMILES string of the molecule is O=C(C[C@H]1N=C2c3ccccc3N=C(SCc3ccc(F)cc3)N2C1=O)NCc1ccc(F)cc1. The Kier molecular flexibility index (Phi) is 6.41. The summed E-state index contributed by atoms with van der Waals surface area (Å²) in [7, 11) is 0. The van der Waals surface area contributed by atoms with Crippen molar-refractivity contribution in [2.45, 2.75) is 24.8 Å². The Labute approximate surface area is 204 Å². The molecule has 0 saturated heterocycles. The van der Waals surface area contributed by atoms with E-state index in [4.69, 9.17) is 0 Å². The van der Waals surface area contributed by atoms with E-state index in [0.29, 0.717) is 22.4 Å². The van der Waals surface area contributed by atoms with E-state index >= 15 is 0 Å². The Morgan fingerprint density at radius 1 is 0.943 bits per heavy atom. The number of aliphatic imine (C=N–C) groups is 2. The van der Waals surface area contributed by atoms with Gasteiger partial charge in [0.1, 0.15) is 23.5 Å². The molecule has 2 heterocycles. The maximum absolute atomic E-state index is 13.3. The second-order valence-electron chi connectivity index (χ2n) is 8.08. The molecule has 0 unspecified atom stereocenters. The summed E-state index contributed by atoms with van der Waals surface area (Å²) in [4.78, 5) is 36.6. The van der Waals surface area contributed by atoms with Crippen LogP contribution in [0.15, 0.2) is 82.8 Å². The minimum atomic E-state index is -0.874. The molecule has 0 spiro atoms. The maximum Gasteiger partial charge on any atom is 0.259 e. The van der Waals surface area contributed by atoms with Crippen molar-refractivity contribution in [2.75, 3.05) is 0 Å². The number of amides is 2. The molecule has 0 fully saturated rings. The number of halogens is 2. The predicted octanol–water partition coefficient (Wildman–Crippen LogP) is 4.56. The molecule has 3 aromatic rings. The average Bonchev–Trinajstić information content (AvgIpc) is 3.19. The van der Waals surface area contributed by atoms with E-state index in [1.165, 1.54) is 40.9 Å². The molecule has 35 heavy (non-hydrogen) atoms. The van der Waals surface area contributed by atoms with E-state index in [2.05, 4.69) is 15.3 Å². The van der Waals surface area contributed by atoms with Crippen molar-refractivity contribution < 1.29 is 18.4 Å². The summed E-state index contributed by atoms with van der Waals surface area (Å²) in [5.41, 5.74) is 3.06. The summed E-state index contributed by atoms with van der Waals surface area (Å²) in [5, 5.41) is 3.23. The summed E-state index contributed by atoms with van der Waals surface area (Å²) in [6.45, 7) is 0.226. The molecule has 1 atom stereocenters. The van der Waals surface area contributed by atoms with Crippen LogP contribution >= 0.6 is 11.8 Å². The minimum absolute atomic E-state index is 0.113. The number of carbonyl (C=O) groups is 2. The molecule has 5 rings (SSSR count). The number of rotatable bonds is 6. The monoisotopic (exact) mass is 490 g/mol. The Balaban J connectivity index is 1.32. The summed E-state index contributed by atoms with van der Waals surface area (Å²) in [6, 6.07) is 18.5. The van der Waals surface area contributed by atoms with Gasteiger partial charge in [-0.25, -0.2) is 18.7 Å². The van der Waals surface area contributed by atoms with Gasteiger partial charge < -0.3 is 5.32 Å². The molecule has 2 aliphatic rings. The zero-order valence-corrected chi connectivity index (χ0v) is 19.3. The second-order valence-corrected chi connectivity index (χ2v) is 9.02. The zero-order chi connectivity index (χ0) is 24.4. The number of para-hydroxylation sites is 1. The van der Waals surface area contributed by atoms with Crippen molar-refractivity contribution >= 4 is 40.3 Å². The van der Waals surface area contributed by atoms with Crippen LogP contribution in [0.2, 0.25) is 0 Å². The lowest BCUT2D eigenvalue weighted by atomic mass is 10.1. The molecule has 0 saturated carbocycles. The van der Waals surface area contributed by atoms with Gasteiger partial charge in [-0.05, 0) is 47.5 Å². The summed E-state index contributed by atoms with van der Waals surface area (Å²) < 4.78 is 26.3. The van der Waals surface area contributed by atoms with E-state index in [9.17, 15) is 18.4 Å². The molecule has 0 bridgehead atoms. The lowest BCUT2D eigenvalue weighted by molar-refractivity contribution is -0.128. The van der Waals surface area contributed by atoms with Crippen molar-refractivity contribution in [1.29, 1.82) is 0 Å². The van der Waals surface area contributed by atoms with Crippen LogP contribution in [0.5, 0.6) is 0 Å². The average molecular weight is 491 g/mol. The molecule has 1 N–H and O–H groups in total. The fraction of sp³-hybridized carbons (Fsp3) is 0.154. The number of nitrogens with one attached hydrogen (secondary N) is 1. The first-order valence-electron chi connectivity index (χ1n) is 11.0. The van der Waals surface area contributed by atoms with Gasteiger partial charge in [-0.15, -0.1) is 0 Å². The highest BCUT2D eigenvalue weighted by Crippen LogP contribution is 2.34. The Morgan fingerprint density at radius 3 is 2.31 bits per heavy atom. The Morgan fingerprint density at radius 2 is 1.60 bits per heavy atom. The van der Waals surface area contributed by atoms with Gasteiger partial charge >= 0.3 is 0 Å². The predicted molar refractivity (Wildman–Crippen MR) is 131 cm³/mol. The number of thioether (sulfide) groups is 1. The standard InChI is InChI=1S/C26H20F2N4O2S/c27-18-9-5-16(6-10-18)14-29-23(33)13-22-25(34)32-24(30-22)20-3-1-2-4-21(20)31-26(32)35-15-17-7-11-19(28)12-8-17/h1-12,22H,13-15H2,(H,29,33)/t22-/m1/s1. The first-order valence-corrected chi connectivity index (χ1v) is 11.9. The highest BCUT2D eigenvalue weighted by molar-refractivity contribution is 8.13. The van der Waals surface area contributed by atoms with Crippen LogP contribution in [-0.2, 0) is 21.9 Å². The van der Waals surface area contributed by atoms with Crippen molar-refractivity contribution in [3.05, 3.63) is 101 Å². The first kappa shape index (κ1) is 22.9. The van der Waals surface area contributed by atoms with Crippen LogP contribution < -0.4 is 5.32 Å². The van der Waals surface area contributed by atoms with Crippen molar-refractivity contribution in [3.63, 3.8) is 0 Å². The number of fused-ring (bicyclic) bond motifs is 3. The molecular formula is C26H20F2N4O2S. The topological polar surface area (TPSA) is 74.1 Å². The van der Waals surface area contributed by atoms with Gasteiger partial charge in [-0.1, -0.05) is 48.2 Å². The first-order chi connectivity index (χ1) is 17.0. The van der Waals surface area contributed by atoms with Gasteiger partial charge in [0.2, 0.25) is 5.91 Å². The largest absolute Gasteiger partial charge is 0.352 e. The van der Waals surface area contributed by atoms with Crippen molar-refractivity contribution in [3.8, 4) is 0 Å². The lowest BCUT2D eigenvalue weighted by Gasteiger charge is -2.25. The third-order valence-electron chi connectivity index (χ3n) is 5.61. The summed E-state index contributed by atoms with van der Waals surface area (Å²) in [6.07, 6.45) is -0.113. The van der Waals surface area contributed by atoms with Crippen molar-refractivity contribution in [1.82, 2.24) is 10.2 Å². The van der Waals surface area contributed by atoms with E-state index in [-0.39, 0.29) is 36.4 Å². The zero-order valence-electron chi connectivity index (χ0n) is 18.4. The van der Waals surface area contributed by atoms with E-state index < -0.39 is 6.04 Å². The lowest BCUT2D eigenvalue weighted by Crippen LogP contribution is -2.42. The highest BCUT2D eigenvalue weighted by Gasteiger charge is 2.42. The molecule has 2 aliphatic heterocycles. The molecule has 176 valence electrons. The molecule has 3 aromatic carbocycles. The van der Waals surface area contributed by atoms with Crippen LogP contribution in [0.1, 0.15) is 23.1 Å². The van der Waals surface area contributed by atoms with Crippen LogP contribution in [0.4, 0.5) is 14.5 Å². The highest BCUT2D eigenvalue weighted by atomic mass is 32.2. The maximum atomic E-state index is 13.3. The number of hydrogen-bond acceptors (Lipinski definition) is 5. The van der Waals surface area contributed by atoms with Crippen LogP contribution in [-0.4, -0.2) is 33.8 Å². The number of hydrogen-bond donors (Lipinski definition) is 1. The van der Waals surface area contributed by atoms with E-state index in [1.807, 2.05) is 24.3 Å². The van der Waals surface area contributed by atoms with Crippen LogP contribution in [0.3, 0.4) is 0 Å². The third kappa shape index (κ3) is 5.00. The van der Waals surface area contributed by atoms with Gasteiger partial charge in [-0.3, -0.25) is 14.6 Å². The fourth-order valence-corrected chi connectivity index (χ4v) is 4.77. The fourth-order valence-electron chi connectivity index (χ4n) is 3.81. The number of nitrogens with zero attached hydrogens (tertiary/aromatic N) is 3. The molecule has 6 nitrogen and oxygen atoms in total. The van der Waals surface area contributed by atoms with Gasteiger partial charge in [-0.2, -0.15) is 0 Å². The van der Waals surface area contributed by atoms with Crippen LogP contribution in [0, 0.1) is 11.6 Å². The minimum Gasteiger partial charge on any atom is -0.352 e. The van der Waals surface area contributed by atoms with E-state index in [1.54, 1.807) is 24.3 Å². The molecule has 0 aliphatic carbocycles. The summed E-state index contributed by atoms with van der Waals surface area (Å²) >= 11 is 1.35. The van der Waals surface area contributed by atoms with Crippen LogP contribution in [0.25, 0.3) is 0 Å². The number of amidine groups is 2. The second kappa shape index (κ2) is 9.79. The molecule has 0 radical (unpaired) electrons. The number of carbonyl (C=O) groups excluding carboxylic acids is 2. The van der Waals surface area contributed by atoms with Gasteiger partial charge in [0.05, 0.1) is 12.1 Å². The molecular weight excluding hydrogens is 470 g/mol. The normalized spacial score (nSPS) is 16.3. The Hall–Kier alpha value is -3.85. The van der Waals surface area contributed by atoms with E-state index in [0.717, 1.165) is 16.7 Å². The van der Waals surface area contributed by atoms with Gasteiger partial charge in [0.25, 0.3) is 5.91 Å². The molecule has 9 heteroatoms. The van der Waals surface area contributed by atoms with Gasteiger partial charge in [0.15, 0.2) is 5.17 Å². The quantitative estimate of drug-likeness (QED) is 0.551. The summed E-state index contributed by atoms with van der Waals surface area (Å²) in [5.74, 6) is -0.356. The Bertz CT molecular complexity index is 1340. The van der Waals surface area contributed by atoms with Gasteiger partial charge in [0, 0.05) is 17.9 Å². The number of benzene rings is 3. The smallest absolute Gasteiger partial charge is 0.259 e. The molecule has 2 amide bonds. The molecule has 0 aromatic heterocycles. The van der Waals surface area contributed by atoms with Crippen molar-refractivity contribution in [2.24, 2.45) is 9.98 Å².